The maximum Gasteiger partial charge on any atom is 0.416 e. The Morgan fingerprint density at radius 1 is 1.06 bits per heavy atom. The van der Waals surface area contributed by atoms with Crippen LogP contribution in [0.25, 0.3) is 0 Å². The van der Waals surface area contributed by atoms with Crippen LogP contribution in [0.5, 0.6) is 5.75 Å². The van der Waals surface area contributed by atoms with Gasteiger partial charge >= 0.3 is 12.2 Å². The van der Waals surface area contributed by atoms with Crippen LogP contribution in [-0.4, -0.2) is 50.8 Å². The van der Waals surface area contributed by atoms with Crippen LogP contribution in [0.3, 0.4) is 0 Å². The lowest BCUT2D eigenvalue weighted by Crippen LogP contribution is -2.38. The van der Waals surface area contributed by atoms with Crippen LogP contribution in [0, 0.1) is 0 Å². The van der Waals surface area contributed by atoms with Gasteiger partial charge in [-0.05, 0) is 23.8 Å². The van der Waals surface area contributed by atoms with Crippen molar-refractivity contribution in [3.63, 3.8) is 0 Å². The Hall–Kier alpha value is -3.27. The summed E-state index contributed by atoms with van der Waals surface area (Å²) in [5.74, 6) is -0.470. The lowest BCUT2D eigenvalue weighted by atomic mass is 10.1. The number of nitrogens with zero attached hydrogens (tertiary/aromatic N) is 1. The molecule has 0 aliphatic rings. The molecule has 0 saturated carbocycles. The van der Waals surface area contributed by atoms with Crippen molar-refractivity contribution in [1.29, 1.82) is 0 Å². The van der Waals surface area contributed by atoms with E-state index in [1.54, 1.807) is 7.05 Å². The zero-order valence-electron chi connectivity index (χ0n) is 17.9. The first-order chi connectivity index (χ1) is 15.2. The van der Waals surface area contributed by atoms with Crippen LogP contribution in [-0.2, 0) is 22.3 Å². The molecule has 2 rings (SSSR count). The number of methoxy groups -OCH3 is 1. The minimum Gasteiger partial charge on any atom is -0.489 e. The maximum atomic E-state index is 13.0. The second-order valence-corrected chi connectivity index (χ2v) is 6.92. The highest BCUT2D eigenvalue weighted by Gasteiger charge is 2.31. The van der Waals surface area contributed by atoms with Gasteiger partial charge in [0.2, 0.25) is 5.91 Å². The van der Waals surface area contributed by atoms with Crippen molar-refractivity contribution in [2.75, 3.05) is 39.2 Å². The molecule has 0 unspecified atom stereocenters. The molecule has 0 atom stereocenters. The number of hydrogen-bond donors (Lipinski definition) is 2. The smallest absolute Gasteiger partial charge is 0.416 e. The summed E-state index contributed by atoms with van der Waals surface area (Å²) in [5.41, 5.74) is -0.0652. The average molecular weight is 453 g/mol. The molecule has 0 heterocycles. The van der Waals surface area contributed by atoms with E-state index in [9.17, 15) is 22.8 Å². The number of carbonyl (C=O) groups excluding carboxylic acids is 2. The first kappa shape index (κ1) is 25.0. The van der Waals surface area contributed by atoms with E-state index < -0.39 is 17.6 Å². The summed E-state index contributed by atoms with van der Waals surface area (Å²) in [7, 11) is 3.08. The molecule has 0 bridgehead atoms. The zero-order chi connectivity index (χ0) is 23.6. The first-order valence-corrected chi connectivity index (χ1v) is 9.86. The number of hydrogen-bond acceptors (Lipinski definition) is 4. The zero-order valence-corrected chi connectivity index (χ0v) is 17.9. The van der Waals surface area contributed by atoms with E-state index in [1.165, 1.54) is 12.0 Å². The molecular weight excluding hydrogens is 427 g/mol. The molecule has 0 radical (unpaired) electrons. The largest absolute Gasteiger partial charge is 0.489 e. The van der Waals surface area contributed by atoms with Crippen LogP contribution in [0.4, 0.5) is 23.7 Å². The van der Waals surface area contributed by atoms with Gasteiger partial charge in [-0.2, -0.15) is 13.2 Å². The molecule has 0 aromatic heterocycles. The molecule has 0 fully saturated rings. The Bertz CT molecular complexity index is 892. The van der Waals surface area contributed by atoms with E-state index in [1.807, 2.05) is 30.3 Å². The third-order valence-corrected chi connectivity index (χ3v) is 4.36. The first-order valence-electron chi connectivity index (χ1n) is 9.86. The Morgan fingerprint density at radius 3 is 2.44 bits per heavy atom. The molecule has 0 saturated heterocycles. The lowest BCUT2D eigenvalue weighted by molar-refractivity contribution is -0.137. The third kappa shape index (κ3) is 8.10. The van der Waals surface area contributed by atoms with Gasteiger partial charge in [-0.3, -0.25) is 4.79 Å². The highest BCUT2D eigenvalue weighted by Crippen LogP contribution is 2.35. The lowest BCUT2D eigenvalue weighted by Gasteiger charge is -2.18. The van der Waals surface area contributed by atoms with Gasteiger partial charge in [-0.15, -0.1) is 0 Å². The summed E-state index contributed by atoms with van der Waals surface area (Å²) in [4.78, 5) is 25.9. The molecule has 3 amide bonds. The number of urea groups is 1. The maximum absolute atomic E-state index is 13.0. The molecule has 2 aromatic carbocycles. The van der Waals surface area contributed by atoms with Gasteiger partial charge in [-0.1, -0.05) is 30.3 Å². The number of halogens is 3. The van der Waals surface area contributed by atoms with Gasteiger partial charge in [0.05, 0.1) is 17.9 Å². The summed E-state index contributed by atoms with van der Waals surface area (Å²) in [6.45, 7) is 0.749. The van der Waals surface area contributed by atoms with Gasteiger partial charge in [0, 0.05) is 33.7 Å². The van der Waals surface area contributed by atoms with Crippen LogP contribution in [0.1, 0.15) is 17.5 Å². The molecule has 0 aliphatic heterocycles. The van der Waals surface area contributed by atoms with Gasteiger partial charge in [0.25, 0.3) is 0 Å². The van der Waals surface area contributed by atoms with Gasteiger partial charge in [0.15, 0.2) is 0 Å². The van der Waals surface area contributed by atoms with Gasteiger partial charge in [-0.25, -0.2) is 4.79 Å². The molecule has 32 heavy (non-hydrogen) atoms. The van der Waals surface area contributed by atoms with E-state index in [4.69, 9.17) is 9.47 Å². The fraction of sp³-hybridized carbons (Fsp3) is 0.364. The van der Waals surface area contributed by atoms with Crippen molar-refractivity contribution in [1.82, 2.24) is 10.2 Å². The summed E-state index contributed by atoms with van der Waals surface area (Å²) >= 11 is 0. The topological polar surface area (TPSA) is 79.9 Å². The van der Waals surface area contributed by atoms with Crippen LogP contribution in [0.15, 0.2) is 48.5 Å². The van der Waals surface area contributed by atoms with Crippen molar-refractivity contribution in [2.45, 2.75) is 19.1 Å². The third-order valence-electron chi connectivity index (χ3n) is 4.36. The van der Waals surface area contributed by atoms with Crippen LogP contribution >= 0.6 is 0 Å². The quantitative estimate of drug-likeness (QED) is 0.535. The minimum absolute atomic E-state index is 0.0165. The Balaban J connectivity index is 1.91. The van der Waals surface area contributed by atoms with Gasteiger partial charge in [0.1, 0.15) is 12.4 Å². The fourth-order valence-electron chi connectivity index (χ4n) is 2.72. The number of ether oxygens (including phenoxy) is 2. The number of amides is 3. The van der Waals surface area contributed by atoms with E-state index in [2.05, 4.69) is 10.6 Å². The number of rotatable bonds is 10. The minimum atomic E-state index is -4.57. The van der Waals surface area contributed by atoms with E-state index in [0.29, 0.717) is 6.54 Å². The second kappa shape index (κ2) is 11.9. The number of anilines is 1. The summed E-state index contributed by atoms with van der Waals surface area (Å²) in [5, 5.41) is 5.03. The van der Waals surface area contributed by atoms with Gasteiger partial charge < -0.3 is 25.0 Å². The molecule has 2 aromatic rings. The van der Waals surface area contributed by atoms with E-state index >= 15 is 0 Å². The molecular formula is C22H26F3N3O4. The molecule has 2 N–H and O–H groups in total. The Labute approximate surface area is 184 Å². The number of benzene rings is 2. The molecule has 10 heteroatoms. The normalized spacial score (nSPS) is 11.0. The highest BCUT2D eigenvalue weighted by molar-refractivity contribution is 5.92. The SMILES string of the molecule is COCCOc1ccc(C(F)(F)F)cc1NC(=O)CCNC(=O)N(C)Cc1ccccc1. The van der Waals surface area contributed by atoms with E-state index in [-0.39, 0.29) is 43.6 Å². The van der Waals surface area contributed by atoms with Crippen molar-refractivity contribution in [3.8, 4) is 5.75 Å². The van der Waals surface area contributed by atoms with Crippen LogP contribution in [0.2, 0.25) is 0 Å². The van der Waals surface area contributed by atoms with Crippen LogP contribution < -0.4 is 15.4 Å². The molecule has 174 valence electrons. The van der Waals surface area contributed by atoms with Crippen molar-refractivity contribution >= 4 is 17.6 Å². The predicted molar refractivity (Wildman–Crippen MR) is 113 cm³/mol. The molecule has 0 spiro atoms. The van der Waals surface area contributed by atoms with Crippen molar-refractivity contribution < 1.29 is 32.2 Å². The summed E-state index contributed by atoms with van der Waals surface area (Å²) < 4.78 is 49.4. The summed E-state index contributed by atoms with van der Waals surface area (Å²) in [6, 6.07) is 11.8. The fourth-order valence-corrected chi connectivity index (χ4v) is 2.72. The second-order valence-electron chi connectivity index (χ2n) is 6.92. The Kier molecular flexibility index (Phi) is 9.33. The van der Waals surface area contributed by atoms with Crippen molar-refractivity contribution in [2.24, 2.45) is 0 Å². The van der Waals surface area contributed by atoms with Crippen molar-refractivity contribution in [3.05, 3.63) is 59.7 Å². The number of alkyl halides is 3. The Morgan fingerprint density at radius 2 is 1.78 bits per heavy atom. The number of nitrogens with one attached hydrogen (secondary N) is 2. The monoisotopic (exact) mass is 453 g/mol. The van der Waals surface area contributed by atoms with E-state index in [0.717, 1.165) is 23.8 Å². The average Bonchev–Trinajstić information content (AvgIpc) is 2.74. The molecule has 0 aliphatic carbocycles. The highest BCUT2D eigenvalue weighted by atomic mass is 19.4. The number of carbonyl (C=O) groups is 2. The standard InChI is InChI=1S/C22H26F3N3O4/c1-28(15-16-6-4-3-5-7-16)21(30)26-11-10-20(29)27-18-14-17(22(23,24)25)8-9-19(18)32-13-12-31-2/h3-9,14H,10-13,15H2,1-2H3,(H,26,30)(H,27,29). The summed E-state index contributed by atoms with van der Waals surface area (Å²) in [6.07, 6.45) is -4.69. The predicted octanol–water partition coefficient (Wildman–Crippen LogP) is 3.90. The molecule has 7 nitrogen and oxygen atoms in total.